The van der Waals surface area contributed by atoms with Crippen LogP contribution in [0.5, 0.6) is 0 Å². The summed E-state index contributed by atoms with van der Waals surface area (Å²) in [6.07, 6.45) is 16.4. The van der Waals surface area contributed by atoms with E-state index in [1.807, 2.05) is 18.2 Å². The Bertz CT molecular complexity index is 529. The lowest BCUT2D eigenvalue weighted by molar-refractivity contribution is -0.824. The van der Waals surface area contributed by atoms with Crippen LogP contribution in [0.3, 0.4) is 0 Å². The first-order valence-corrected chi connectivity index (χ1v) is 8.60. The predicted molar refractivity (Wildman–Crippen MR) is 87.8 cm³/mol. The molecule has 2 nitrogen and oxygen atoms in total. The van der Waals surface area contributed by atoms with Gasteiger partial charge in [-0.05, 0) is 49.5 Å². The summed E-state index contributed by atoms with van der Waals surface area (Å²) in [6.45, 7) is 2.24. The Balaban J connectivity index is 1.75. The molecule has 0 bridgehead atoms. The van der Waals surface area contributed by atoms with Gasteiger partial charge in [0.15, 0.2) is 0 Å². The number of rotatable bonds is 4. The molecule has 0 aromatic rings. The van der Waals surface area contributed by atoms with E-state index in [-0.39, 0.29) is 6.04 Å². The first-order valence-electron chi connectivity index (χ1n) is 8.22. The fourth-order valence-electron chi connectivity index (χ4n) is 3.74. The smallest absolute Gasteiger partial charge is 0.136 e. The van der Waals surface area contributed by atoms with Crippen molar-refractivity contribution in [2.75, 3.05) is 0 Å². The zero-order valence-electron chi connectivity index (χ0n) is 12.7. The largest absolute Gasteiger partial charge is 0.628 e. The van der Waals surface area contributed by atoms with Crippen molar-refractivity contribution in [3.63, 3.8) is 0 Å². The van der Waals surface area contributed by atoms with Gasteiger partial charge in [-0.25, -0.2) is 0 Å². The number of nitrogens with one attached hydrogen (secondary N) is 1. The minimum atomic E-state index is -0.0827. The maximum Gasteiger partial charge on any atom is 0.136 e. The summed E-state index contributed by atoms with van der Waals surface area (Å²) in [5.74, 6) is 0.709. The van der Waals surface area contributed by atoms with Crippen molar-refractivity contribution in [2.24, 2.45) is 5.92 Å². The Hall–Kier alpha value is -0.830. The average Bonchev–Trinajstić information content (AvgIpc) is 2.48. The molecule has 0 aromatic carbocycles. The number of hydroxylamine groups is 2. The highest BCUT2D eigenvalue weighted by atomic mass is 35.5. The van der Waals surface area contributed by atoms with Crippen LogP contribution in [0.25, 0.3) is 0 Å². The number of fused-ring (bicyclic) bond motifs is 1. The van der Waals surface area contributed by atoms with Gasteiger partial charge in [-0.2, -0.15) is 0 Å². The standard InChI is InChI=1S/C18H24ClNO/c1-2-3-4-5-13-6-7-14-11-15-12-16(19)8-9-17(15)20(21)18(14)10-13/h8-9,11-13,17,20H,2-7,10H2,1H3. The fraction of sp³-hybridized carbons (Fsp3) is 0.556. The molecule has 0 fully saturated rings. The Labute approximate surface area is 132 Å². The summed E-state index contributed by atoms with van der Waals surface area (Å²) in [5, 5.41) is 13.8. The average molecular weight is 306 g/mol. The molecular formula is C18H24ClNO. The second kappa shape index (κ2) is 6.51. The fourth-order valence-corrected chi connectivity index (χ4v) is 3.93. The third-order valence-corrected chi connectivity index (χ3v) is 5.19. The molecule has 3 heteroatoms. The van der Waals surface area contributed by atoms with Gasteiger partial charge in [-0.1, -0.05) is 37.8 Å². The van der Waals surface area contributed by atoms with Crippen LogP contribution in [-0.4, -0.2) is 6.04 Å². The van der Waals surface area contributed by atoms with Gasteiger partial charge >= 0.3 is 0 Å². The Morgan fingerprint density at radius 2 is 2.19 bits per heavy atom. The molecule has 2 aliphatic carbocycles. The van der Waals surface area contributed by atoms with Crippen LogP contribution in [0.4, 0.5) is 0 Å². The maximum absolute atomic E-state index is 12.8. The molecule has 3 aliphatic rings. The van der Waals surface area contributed by atoms with Gasteiger partial charge < -0.3 is 10.3 Å². The molecule has 3 atom stereocenters. The van der Waals surface area contributed by atoms with Crippen LogP contribution in [-0.2, 0) is 0 Å². The van der Waals surface area contributed by atoms with E-state index in [2.05, 4.69) is 13.0 Å². The molecule has 1 heterocycles. The molecule has 0 amide bonds. The summed E-state index contributed by atoms with van der Waals surface area (Å²) in [5.41, 5.74) is 3.46. The van der Waals surface area contributed by atoms with Crippen LogP contribution in [0.1, 0.15) is 51.9 Å². The molecule has 1 N–H and O–H groups in total. The van der Waals surface area contributed by atoms with Crippen molar-refractivity contribution in [3.8, 4) is 0 Å². The first kappa shape index (κ1) is 15.1. The number of hydrogen-bond acceptors (Lipinski definition) is 1. The van der Waals surface area contributed by atoms with Crippen molar-refractivity contribution in [1.29, 1.82) is 0 Å². The molecule has 0 spiro atoms. The Kier molecular flexibility index (Phi) is 4.68. The van der Waals surface area contributed by atoms with Crippen LogP contribution in [0.15, 0.2) is 46.2 Å². The van der Waals surface area contributed by atoms with Crippen molar-refractivity contribution >= 4 is 11.6 Å². The third-order valence-electron chi connectivity index (χ3n) is 4.95. The van der Waals surface area contributed by atoms with Crippen molar-refractivity contribution < 1.29 is 5.06 Å². The molecule has 114 valence electrons. The van der Waals surface area contributed by atoms with Gasteiger partial charge in [0.2, 0.25) is 0 Å². The highest BCUT2D eigenvalue weighted by Gasteiger charge is 2.33. The van der Waals surface area contributed by atoms with E-state index >= 15 is 0 Å². The lowest BCUT2D eigenvalue weighted by Gasteiger charge is -2.40. The van der Waals surface area contributed by atoms with E-state index in [9.17, 15) is 5.21 Å². The highest BCUT2D eigenvalue weighted by molar-refractivity contribution is 6.31. The lowest BCUT2D eigenvalue weighted by Crippen LogP contribution is -3.10. The van der Waals surface area contributed by atoms with E-state index in [4.69, 9.17) is 11.6 Å². The number of hydrogen-bond donors (Lipinski definition) is 1. The predicted octanol–water partition coefficient (Wildman–Crippen LogP) is 4.00. The van der Waals surface area contributed by atoms with Crippen molar-refractivity contribution in [2.45, 2.75) is 57.9 Å². The first-order chi connectivity index (χ1) is 10.2. The number of halogens is 1. The van der Waals surface area contributed by atoms with Gasteiger partial charge in [0.25, 0.3) is 0 Å². The molecule has 0 aromatic heterocycles. The lowest BCUT2D eigenvalue weighted by atomic mass is 9.80. The maximum atomic E-state index is 12.8. The van der Waals surface area contributed by atoms with Crippen LogP contribution < -0.4 is 5.06 Å². The second-order valence-corrected chi connectivity index (χ2v) is 6.92. The number of allylic oxidation sites excluding steroid dienone is 5. The minimum Gasteiger partial charge on any atom is -0.628 e. The summed E-state index contributed by atoms with van der Waals surface area (Å²) in [4.78, 5) is 0. The van der Waals surface area contributed by atoms with Gasteiger partial charge in [-0.15, -0.1) is 0 Å². The SMILES string of the molecule is CCCCCC1CCC2=C(C1)[NH+]([O-])C1C=CC(Cl)=CC1=C2. The van der Waals surface area contributed by atoms with E-state index in [1.165, 1.54) is 37.7 Å². The monoisotopic (exact) mass is 305 g/mol. The molecule has 0 saturated heterocycles. The number of quaternary nitrogens is 1. The molecule has 1 aliphatic heterocycles. The minimum absolute atomic E-state index is 0.0827. The normalized spacial score (nSPS) is 31.5. The quantitative estimate of drug-likeness (QED) is 0.617. The summed E-state index contributed by atoms with van der Waals surface area (Å²) in [7, 11) is 0. The Morgan fingerprint density at radius 3 is 3.00 bits per heavy atom. The van der Waals surface area contributed by atoms with Crippen molar-refractivity contribution in [1.82, 2.24) is 0 Å². The molecule has 0 saturated carbocycles. The molecular weight excluding hydrogens is 282 g/mol. The van der Waals surface area contributed by atoms with Gasteiger partial charge in [-0.3, -0.25) is 0 Å². The summed E-state index contributed by atoms with van der Waals surface area (Å²) in [6, 6.07) is -0.0827. The van der Waals surface area contributed by atoms with Crippen LogP contribution >= 0.6 is 11.6 Å². The zero-order chi connectivity index (χ0) is 14.8. The molecule has 3 rings (SSSR count). The summed E-state index contributed by atoms with van der Waals surface area (Å²) < 4.78 is 0. The highest BCUT2D eigenvalue weighted by Crippen LogP contribution is 2.34. The third kappa shape index (κ3) is 3.18. The molecule has 0 radical (unpaired) electrons. The number of unbranched alkanes of at least 4 members (excludes halogenated alkanes) is 2. The Morgan fingerprint density at radius 1 is 1.33 bits per heavy atom. The van der Waals surface area contributed by atoms with Crippen LogP contribution in [0.2, 0.25) is 0 Å². The van der Waals surface area contributed by atoms with E-state index in [0.717, 1.165) is 29.1 Å². The topological polar surface area (TPSA) is 27.5 Å². The zero-order valence-corrected chi connectivity index (χ0v) is 13.5. The van der Waals surface area contributed by atoms with E-state index in [0.29, 0.717) is 11.0 Å². The summed E-state index contributed by atoms with van der Waals surface area (Å²) >= 11 is 6.06. The molecule has 21 heavy (non-hydrogen) atoms. The van der Waals surface area contributed by atoms with Crippen LogP contribution in [0, 0.1) is 11.1 Å². The van der Waals surface area contributed by atoms with Gasteiger partial charge in [0, 0.05) is 22.6 Å². The second-order valence-electron chi connectivity index (χ2n) is 6.48. The van der Waals surface area contributed by atoms with Gasteiger partial charge in [0.05, 0.1) is 0 Å². The van der Waals surface area contributed by atoms with E-state index in [1.54, 1.807) is 0 Å². The van der Waals surface area contributed by atoms with E-state index < -0.39 is 0 Å². The molecule has 3 unspecified atom stereocenters. The van der Waals surface area contributed by atoms with Crippen molar-refractivity contribution in [3.05, 3.63) is 51.4 Å². The van der Waals surface area contributed by atoms with Gasteiger partial charge in [0.1, 0.15) is 11.7 Å².